The zero-order chi connectivity index (χ0) is 18.5. The highest BCUT2D eigenvalue weighted by Crippen LogP contribution is 2.28. The van der Waals surface area contributed by atoms with Gasteiger partial charge in [-0.15, -0.1) is 11.3 Å². The third-order valence-corrected chi connectivity index (χ3v) is 5.31. The van der Waals surface area contributed by atoms with Gasteiger partial charge in [-0.1, -0.05) is 35.9 Å². The van der Waals surface area contributed by atoms with Crippen LogP contribution in [0.25, 0.3) is 11.3 Å². The third kappa shape index (κ3) is 4.06. The summed E-state index contributed by atoms with van der Waals surface area (Å²) in [7, 11) is 0. The van der Waals surface area contributed by atoms with Crippen LogP contribution >= 0.6 is 22.9 Å². The summed E-state index contributed by atoms with van der Waals surface area (Å²) in [6.07, 6.45) is 0. The van der Waals surface area contributed by atoms with Crippen LogP contribution in [0.15, 0.2) is 53.9 Å². The summed E-state index contributed by atoms with van der Waals surface area (Å²) in [5.74, 6) is -0.221. The van der Waals surface area contributed by atoms with Gasteiger partial charge in [0.1, 0.15) is 0 Å². The Hall–Kier alpha value is -2.37. The van der Waals surface area contributed by atoms with Gasteiger partial charge in [0.2, 0.25) is 0 Å². The highest BCUT2D eigenvalue weighted by Gasteiger charge is 2.11. The average Bonchev–Trinajstić information content (AvgIpc) is 3.13. The molecule has 0 saturated carbocycles. The number of carbonyl (C=O) groups excluding carboxylic acids is 1. The highest BCUT2D eigenvalue weighted by atomic mass is 35.5. The average molecular weight is 386 g/mol. The Morgan fingerprint density at radius 3 is 2.46 bits per heavy atom. The first-order valence-corrected chi connectivity index (χ1v) is 9.75. The molecule has 0 unspecified atom stereocenters. The van der Waals surface area contributed by atoms with Gasteiger partial charge in [0.25, 0.3) is 5.91 Å². The molecule has 26 heavy (non-hydrogen) atoms. The molecule has 0 aliphatic rings. The largest absolute Gasteiger partial charge is 0.349 e. The number of nitrogens with zero attached hydrogens (tertiary/aromatic N) is 2. The molecule has 0 bridgehead atoms. The minimum Gasteiger partial charge on any atom is -0.349 e. The molecular weight excluding hydrogens is 366 g/mol. The minimum atomic E-state index is -0.221. The van der Waals surface area contributed by atoms with E-state index in [9.17, 15) is 4.79 Å². The van der Waals surface area contributed by atoms with E-state index in [-0.39, 0.29) is 5.91 Å². The summed E-state index contributed by atoms with van der Waals surface area (Å²) in [6.45, 7) is 6.13. The zero-order valence-electron chi connectivity index (χ0n) is 14.7. The number of benzene rings is 2. The van der Waals surface area contributed by atoms with E-state index in [1.165, 1.54) is 0 Å². The molecule has 3 aromatic rings. The molecule has 2 aromatic carbocycles. The first kappa shape index (κ1) is 18.4. The van der Waals surface area contributed by atoms with Gasteiger partial charge in [-0.25, -0.2) is 4.98 Å². The van der Waals surface area contributed by atoms with Crippen molar-refractivity contribution in [3.05, 3.63) is 64.5 Å². The van der Waals surface area contributed by atoms with Crippen molar-refractivity contribution >= 4 is 39.7 Å². The molecule has 1 amide bonds. The first-order valence-electron chi connectivity index (χ1n) is 8.49. The van der Waals surface area contributed by atoms with E-state index < -0.39 is 0 Å². The highest BCUT2D eigenvalue weighted by molar-refractivity contribution is 7.14. The molecule has 1 heterocycles. The number of hydrogen-bond acceptors (Lipinski definition) is 4. The number of hydrogen-bond donors (Lipinski definition) is 1. The summed E-state index contributed by atoms with van der Waals surface area (Å²) in [5, 5.41) is 6.40. The summed E-state index contributed by atoms with van der Waals surface area (Å²) in [4.78, 5) is 19.3. The van der Waals surface area contributed by atoms with Crippen LogP contribution in [0.4, 0.5) is 10.8 Å². The van der Waals surface area contributed by atoms with Gasteiger partial charge in [-0.3, -0.25) is 4.79 Å². The number of carbonyl (C=O) groups is 1. The van der Waals surface area contributed by atoms with Crippen LogP contribution in [0.3, 0.4) is 0 Å². The van der Waals surface area contributed by atoms with Crippen molar-refractivity contribution in [2.24, 2.45) is 0 Å². The Morgan fingerprint density at radius 1 is 1.12 bits per heavy atom. The summed E-state index contributed by atoms with van der Waals surface area (Å²) in [5.41, 5.74) is 3.15. The van der Waals surface area contributed by atoms with E-state index in [1.807, 2.05) is 24.3 Å². The molecule has 4 nitrogen and oxygen atoms in total. The fourth-order valence-electron chi connectivity index (χ4n) is 2.60. The van der Waals surface area contributed by atoms with Crippen molar-refractivity contribution < 1.29 is 4.79 Å². The lowest BCUT2D eigenvalue weighted by molar-refractivity contribution is 0.102. The number of thiazole rings is 1. The number of halogens is 1. The predicted octanol–water partition coefficient (Wildman–Crippen LogP) is 5.56. The first-order chi connectivity index (χ1) is 12.6. The number of rotatable bonds is 6. The van der Waals surface area contributed by atoms with Gasteiger partial charge in [0, 0.05) is 29.7 Å². The van der Waals surface area contributed by atoms with Gasteiger partial charge in [-0.2, -0.15) is 0 Å². The maximum absolute atomic E-state index is 12.3. The van der Waals surface area contributed by atoms with Gasteiger partial charge in [-0.05, 0) is 38.1 Å². The van der Waals surface area contributed by atoms with Crippen molar-refractivity contribution in [1.82, 2.24) is 4.98 Å². The Bertz CT molecular complexity index is 888. The molecular formula is C20H20ClN3OS. The Morgan fingerprint density at radius 2 is 1.81 bits per heavy atom. The molecule has 0 fully saturated rings. The quantitative estimate of drug-likeness (QED) is 0.604. The van der Waals surface area contributed by atoms with E-state index in [0.717, 1.165) is 35.2 Å². The summed E-state index contributed by atoms with van der Waals surface area (Å²) < 4.78 is 0. The van der Waals surface area contributed by atoms with Crippen LogP contribution in [0.5, 0.6) is 0 Å². The second-order valence-corrected chi connectivity index (χ2v) is 6.94. The van der Waals surface area contributed by atoms with Crippen LogP contribution in [0, 0.1) is 0 Å². The Kier molecular flexibility index (Phi) is 5.91. The van der Waals surface area contributed by atoms with Gasteiger partial charge >= 0.3 is 0 Å². The third-order valence-electron chi connectivity index (χ3n) is 4.08. The summed E-state index contributed by atoms with van der Waals surface area (Å²) >= 11 is 7.72. The molecule has 0 radical (unpaired) electrons. The maximum Gasteiger partial charge on any atom is 0.257 e. The monoisotopic (exact) mass is 385 g/mol. The fraction of sp³-hybridized carbons (Fsp3) is 0.200. The van der Waals surface area contributed by atoms with E-state index >= 15 is 0 Å². The number of aromatic nitrogens is 1. The molecule has 134 valence electrons. The van der Waals surface area contributed by atoms with Crippen molar-refractivity contribution in [3.63, 3.8) is 0 Å². The zero-order valence-corrected chi connectivity index (χ0v) is 16.3. The Labute approximate surface area is 162 Å². The van der Waals surface area contributed by atoms with Gasteiger partial charge in [0.15, 0.2) is 5.13 Å². The Balaban J connectivity index is 1.73. The van der Waals surface area contributed by atoms with Crippen LogP contribution < -0.4 is 10.2 Å². The maximum atomic E-state index is 12.3. The lowest BCUT2D eigenvalue weighted by Crippen LogP contribution is -2.21. The molecule has 1 N–H and O–H groups in total. The molecule has 0 spiro atoms. The second kappa shape index (κ2) is 8.34. The van der Waals surface area contributed by atoms with E-state index in [1.54, 1.807) is 35.6 Å². The predicted molar refractivity (Wildman–Crippen MR) is 111 cm³/mol. The molecule has 0 saturated heterocycles. The minimum absolute atomic E-state index is 0.221. The lowest BCUT2D eigenvalue weighted by Gasteiger charge is -2.16. The number of amides is 1. The van der Waals surface area contributed by atoms with Gasteiger partial charge < -0.3 is 10.2 Å². The molecule has 0 aliphatic heterocycles. The number of anilines is 2. The van der Waals surface area contributed by atoms with E-state index in [0.29, 0.717) is 10.6 Å². The van der Waals surface area contributed by atoms with Crippen molar-refractivity contribution in [2.75, 3.05) is 23.3 Å². The SMILES string of the molecule is CCN(CC)c1nc(-c2ccc(NC(=O)c3ccccc3Cl)cc2)cs1. The molecule has 3 rings (SSSR count). The van der Waals surface area contributed by atoms with Crippen LogP contribution in [-0.2, 0) is 0 Å². The second-order valence-electron chi connectivity index (χ2n) is 5.70. The van der Waals surface area contributed by atoms with Crippen LogP contribution in [0.2, 0.25) is 5.02 Å². The fourth-order valence-corrected chi connectivity index (χ4v) is 3.79. The summed E-state index contributed by atoms with van der Waals surface area (Å²) in [6, 6.07) is 14.7. The standard InChI is InChI=1S/C20H20ClN3OS/c1-3-24(4-2)20-23-18(13-26-20)14-9-11-15(12-10-14)22-19(25)16-7-5-6-8-17(16)21/h5-13H,3-4H2,1-2H3,(H,22,25). The van der Waals surface area contributed by atoms with Crippen molar-refractivity contribution in [3.8, 4) is 11.3 Å². The van der Waals surface area contributed by atoms with Crippen LogP contribution in [0.1, 0.15) is 24.2 Å². The van der Waals surface area contributed by atoms with Crippen molar-refractivity contribution in [1.29, 1.82) is 0 Å². The normalized spacial score (nSPS) is 10.6. The smallest absolute Gasteiger partial charge is 0.257 e. The molecule has 1 aromatic heterocycles. The van der Waals surface area contributed by atoms with Gasteiger partial charge in [0.05, 0.1) is 16.3 Å². The molecule has 6 heteroatoms. The van der Waals surface area contributed by atoms with Crippen molar-refractivity contribution in [2.45, 2.75) is 13.8 Å². The molecule has 0 aliphatic carbocycles. The number of nitrogens with one attached hydrogen (secondary N) is 1. The lowest BCUT2D eigenvalue weighted by atomic mass is 10.1. The topological polar surface area (TPSA) is 45.2 Å². The van der Waals surface area contributed by atoms with E-state index in [2.05, 4.69) is 29.4 Å². The van der Waals surface area contributed by atoms with Crippen LogP contribution in [-0.4, -0.2) is 24.0 Å². The van der Waals surface area contributed by atoms with E-state index in [4.69, 9.17) is 16.6 Å². The molecule has 0 atom stereocenters.